The van der Waals surface area contributed by atoms with Gasteiger partial charge in [0.25, 0.3) is 21.8 Å². The number of anilines is 3. The molecule has 1 amide bonds. The Morgan fingerprint density at radius 1 is 0.929 bits per heavy atom. The zero-order chi connectivity index (χ0) is 58.1. The number of piperazine rings is 1. The van der Waals surface area contributed by atoms with E-state index in [4.69, 9.17) is 23.7 Å². The second-order valence-corrected chi connectivity index (χ2v) is 26.5. The highest BCUT2D eigenvalue weighted by Crippen LogP contribution is 2.54. The number of carbonyl (C=O) groups excluding carboxylic acids is 1. The normalized spacial score (nSPS) is 22.5. The number of halogens is 1. The number of rotatable bonds is 16. The minimum Gasteiger partial charge on any atom is -0.494 e. The van der Waals surface area contributed by atoms with Crippen molar-refractivity contribution in [2.24, 2.45) is 11.3 Å². The summed E-state index contributed by atoms with van der Waals surface area (Å²) in [5.41, 5.74) is 5.17. The molecule has 1 atom stereocenters. The summed E-state index contributed by atoms with van der Waals surface area (Å²) < 4.78 is 76.1. The van der Waals surface area contributed by atoms with Gasteiger partial charge in [0.2, 0.25) is 0 Å². The number of ether oxygens (including phenoxy) is 5. The van der Waals surface area contributed by atoms with Crippen molar-refractivity contribution >= 4 is 55.2 Å². The molecule has 444 valence electrons. The molecule has 20 nitrogen and oxygen atoms in total. The molecule has 4 aromatic heterocycles. The first-order chi connectivity index (χ1) is 40.5. The highest BCUT2D eigenvalue weighted by atomic mass is 32.2. The van der Waals surface area contributed by atoms with Crippen molar-refractivity contribution < 1.29 is 46.4 Å². The number of H-pyrrole nitrogens is 2. The first-order valence-corrected chi connectivity index (χ1v) is 30.9. The molecule has 2 aliphatic carbocycles. The standard InChI is InChI=1S/C62H74FN11O9S/c1-37(2)42-8-6-7-9-43(42)47-32-72(31-39-14-19-64-57-55(39)82-35-62(70-57)33-81-34-62)22-23-74(47)41-27-61(28-41)17-20-73(21-18-61)40-10-11-44(48(24-40)83-50-25-45-46(63)30-66-56(45)69-59(50)80-5)58(75)71-84(77,78)51-26-49(79-4)52(54-53(51)67-36-68-54)65-29-38-12-15-60(3,76)16-13-38/h6-11,14,19,24-26,30,36-38,41,47,65,76H,12-13,15-18,20-23,27-29,31-35H2,1-5H3,(H,64,70)(H,66,69)(H,67,68)(H,71,75)/t38-,47-,60-/m0/s1. The molecular weight excluding hydrogens is 1090 g/mol. The number of carbonyl (C=O) groups is 1. The van der Waals surface area contributed by atoms with Crippen LogP contribution in [0.25, 0.3) is 22.1 Å². The van der Waals surface area contributed by atoms with E-state index in [-0.39, 0.29) is 73.1 Å². The number of pyridine rings is 2. The van der Waals surface area contributed by atoms with Crippen LogP contribution in [-0.4, -0.2) is 145 Å². The topological polar surface area (TPSA) is 234 Å². The van der Waals surface area contributed by atoms with E-state index < -0.39 is 27.3 Å². The van der Waals surface area contributed by atoms with E-state index in [1.165, 1.54) is 50.0 Å². The van der Waals surface area contributed by atoms with E-state index in [0.29, 0.717) is 62.4 Å². The molecule has 8 heterocycles. The molecule has 22 heteroatoms. The van der Waals surface area contributed by atoms with Gasteiger partial charge in [0.05, 0.1) is 55.8 Å². The lowest BCUT2D eigenvalue weighted by Gasteiger charge is -2.58. The first kappa shape index (κ1) is 55.9. The van der Waals surface area contributed by atoms with Gasteiger partial charge < -0.3 is 54.3 Å². The molecule has 5 fully saturated rings. The molecular formula is C62H74FN11O9S. The summed E-state index contributed by atoms with van der Waals surface area (Å²) in [5.74, 6) is 1.08. The third-order valence-electron chi connectivity index (χ3n) is 18.8. The predicted octanol–water partition coefficient (Wildman–Crippen LogP) is 9.26. The van der Waals surface area contributed by atoms with Gasteiger partial charge in [-0.3, -0.25) is 14.6 Å². The van der Waals surface area contributed by atoms with E-state index in [2.05, 4.69) is 99.2 Å². The number of hydrogen-bond donors (Lipinski definition) is 6. The van der Waals surface area contributed by atoms with Crippen LogP contribution in [0.4, 0.5) is 21.6 Å². The Hall–Kier alpha value is -7.24. The first-order valence-electron chi connectivity index (χ1n) is 29.4. The summed E-state index contributed by atoms with van der Waals surface area (Å²) >= 11 is 0. The zero-order valence-corrected chi connectivity index (χ0v) is 49.0. The molecule has 84 heavy (non-hydrogen) atoms. The number of benzene rings is 3. The summed E-state index contributed by atoms with van der Waals surface area (Å²) in [5, 5.41) is 17.7. The fourth-order valence-corrected chi connectivity index (χ4v) is 15.0. The molecule has 4 aliphatic heterocycles. The van der Waals surface area contributed by atoms with Crippen LogP contribution in [0.1, 0.15) is 111 Å². The lowest BCUT2D eigenvalue weighted by molar-refractivity contribution is -0.0662. The van der Waals surface area contributed by atoms with E-state index >= 15 is 4.39 Å². The third-order valence-corrected chi connectivity index (χ3v) is 20.1. The number of nitrogens with one attached hydrogen (secondary N) is 5. The smallest absolute Gasteiger partial charge is 0.268 e. The number of piperidine rings is 1. The lowest BCUT2D eigenvalue weighted by Crippen LogP contribution is -2.61. The van der Waals surface area contributed by atoms with Gasteiger partial charge in [-0.15, -0.1) is 0 Å². The van der Waals surface area contributed by atoms with Crippen molar-refractivity contribution in [1.29, 1.82) is 0 Å². The fraction of sp³-hybridized carbons (Fsp3) is 0.484. The van der Waals surface area contributed by atoms with Gasteiger partial charge in [-0.2, -0.15) is 4.98 Å². The van der Waals surface area contributed by atoms with Crippen molar-refractivity contribution in [1.82, 2.24) is 39.4 Å². The van der Waals surface area contributed by atoms with Crippen LogP contribution in [0.15, 0.2) is 84.3 Å². The highest BCUT2D eigenvalue weighted by Gasteiger charge is 2.51. The van der Waals surface area contributed by atoms with Crippen LogP contribution in [0.2, 0.25) is 0 Å². The largest absolute Gasteiger partial charge is 0.494 e. The van der Waals surface area contributed by atoms with Gasteiger partial charge in [-0.25, -0.2) is 27.5 Å². The average molecular weight is 1170 g/mol. The Balaban J connectivity index is 0.726. The second kappa shape index (κ2) is 22.0. The van der Waals surface area contributed by atoms with E-state index in [1.54, 1.807) is 12.1 Å². The molecule has 6 N–H and O–H groups in total. The third kappa shape index (κ3) is 10.6. The Morgan fingerprint density at radius 3 is 2.48 bits per heavy atom. The number of methoxy groups -OCH3 is 2. The number of aromatic amines is 2. The van der Waals surface area contributed by atoms with Crippen LogP contribution in [0.5, 0.6) is 28.9 Å². The molecule has 3 aromatic carbocycles. The van der Waals surface area contributed by atoms with Crippen molar-refractivity contribution in [3.8, 4) is 28.9 Å². The summed E-state index contributed by atoms with van der Waals surface area (Å²) in [6.07, 6.45) is 11.6. The minimum atomic E-state index is -4.62. The van der Waals surface area contributed by atoms with Crippen molar-refractivity contribution in [3.63, 3.8) is 0 Å². The van der Waals surface area contributed by atoms with Gasteiger partial charge in [0, 0.05) is 99.7 Å². The van der Waals surface area contributed by atoms with Crippen molar-refractivity contribution in [2.45, 2.75) is 113 Å². The van der Waals surface area contributed by atoms with E-state index in [1.807, 2.05) is 19.2 Å². The Morgan fingerprint density at radius 2 is 1.73 bits per heavy atom. The van der Waals surface area contributed by atoms with Crippen LogP contribution in [-0.2, 0) is 21.3 Å². The molecule has 3 saturated heterocycles. The van der Waals surface area contributed by atoms with Crippen LogP contribution in [0.3, 0.4) is 0 Å². The van der Waals surface area contributed by atoms with Crippen molar-refractivity contribution in [2.75, 3.05) is 88.8 Å². The van der Waals surface area contributed by atoms with E-state index in [9.17, 15) is 18.3 Å². The maximum absolute atomic E-state index is 15.1. The molecule has 2 spiro atoms. The molecule has 0 unspecified atom stereocenters. The maximum atomic E-state index is 15.1. The van der Waals surface area contributed by atoms with Crippen LogP contribution in [0, 0.1) is 17.2 Å². The molecule has 2 saturated carbocycles. The van der Waals surface area contributed by atoms with Gasteiger partial charge >= 0.3 is 0 Å². The number of sulfonamides is 1. The number of amides is 1. The number of imidazole rings is 1. The summed E-state index contributed by atoms with van der Waals surface area (Å²) in [4.78, 5) is 41.3. The zero-order valence-electron chi connectivity index (χ0n) is 48.2. The monoisotopic (exact) mass is 1170 g/mol. The number of fused-ring (bicyclic) bond motifs is 3. The van der Waals surface area contributed by atoms with Gasteiger partial charge in [0.15, 0.2) is 17.3 Å². The van der Waals surface area contributed by atoms with Gasteiger partial charge in [-0.1, -0.05) is 38.1 Å². The van der Waals surface area contributed by atoms with E-state index in [0.717, 1.165) is 101 Å². The van der Waals surface area contributed by atoms with Crippen LogP contribution >= 0.6 is 0 Å². The van der Waals surface area contributed by atoms with Crippen molar-refractivity contribution in [3.05, 3.63) is 107 Å². The Labute approximate surface area is 488 Å². The number of hydrogen-bond acceptors (Lipinski definition) is 17. The molecule has 13 rings (SSSR count). The molecule has 6 aliphatic rings. The summed E-state index contributed by atoms with van der Waals surface area (Å²) in [7, 11) is -1.77. The number of aliphatic hydroxyl groups is 1. The Bertz CT molecular complexity index is 3730. The second-order valence-electron chi connectivity index (χ2n) is 24.8. The minimum absolute atomic E-state index is 0.0166. The maximum Gasteiger partial charge on any atom is 0.268 e. The fourth-order valence-electron chi connectivity index (χ4n) is 13.9. The number of nitrogens with zero attached hydrogens (tertiary/aromatic N) is 6. The summed E-state index contributed by atoms with van der Waals surface area (Å²) in [6.45, 7) is 13.8. The molecule has 7 aromatic rings. The lowest BCUT2D eigenvalue weighted by atomic mass is 9.59. The predicted molar refractivity (Wildman–Crippen MR) is 317 cm³/mol. The molecule has 0 bridgehead atoms. The average Bonchev–Trinajstić information content (AvgIpc) is 2.48. The quantitative estimate of drug-likeness (QED) is 0.0529. The van der Waals surface area contributed by atoms with Gasteiger partial charge in [-0.05, 0) is 105 Å². The highest BCUT2D eigenvalue weighted by molar-refractivity contribution is 7.90. The SMILES string of the molecule is COc1cc(S(=O)(=O)NC(=O)c2ccc(N3CCC4(CC3)CC(N3CCN(Cc5ccnc6c5OCC5(COC5)N6)C[C@H]3c3ccccc3C(C)C)C4)cc2Oc2cc3c(F)c[nH]c3nc2OC)c2nc[nH]c2c1NC[C@H]1CC[C@](C)(O)CC1. The molecule has 0 radical (unpaired) electrons. The summed E-state index contributed by atoms with van der Waals surface area (Å²) in [6, 6.07) is 19.6. The van der Waals surface area contributed by atoms with Crippen LogP contribution < -0.4 is 39.2 Å². The number of aromatic nitrogens is 5. The Kier molecular flexibility index (Phi) is 14.6. The van der Waals surface area contributed by atoms with Gasteiger partial charge in [0.1, 0.15) is 51.2 Å².